The average Bonchev–Trinajstić information content (AvgIpc) is 3.35. The third kappa shape index (κ3) is 3.62. The van der Waals surface area contributed by atoms with Crippen LogP contribution in [-0.2, 0) is 0 Å². The van der Waals surface area contributed by atoms with Crippen molar-refractivity contribution in [1.29, 1.82) is 0 Å². The van der Waals surface area contributed by atoms with Gasteiger partial charge in [0.15, 0.2) is 5.11 Å². The van der Waals surface area contributed by atoms with E-state index in [0.717, 1.165) is 34.1 Å². The van der Waals surface area contributed by atoms with E-state index in [0.29, 0.717) is 10.8 Å². The Morgan fingerprint density at radius 2 is 1.68 bits per heavy atom. The van der Waals surface area contributed by atoms with Crippen molar-refractivity contribution < 1.29 is 9.13 Å². The summed E-state index contributed by atoms with van der Waals surface area (Å²) in [5, 5.41) is 4.07. The maximum Gasteiger partial charge on any atom is 0.174 e. The van der Waals surface area contributed by atoms with Gasteiger partial charge in [0.2, 0.25) is 0 Å². The molecule has 1 aliphatic heterocycles. The standard InChI is InChI=1S/C27H25FN4OS/c1-17-16-19(18(2)31(17)22-12-5-4-10-20(22)28)26-25(21-11-8-9-15-29-21)30-27(34)32(26)23-13-6-7-14-24(23)33-3/h4-16,25-26H,1-3H3,(H,30,34)/t25-,26-/m0/s1. The molecule has 0 saturated carbocycles. The minimum absolute atomic E-state index is 0.201. The van der Waals surface area contributed by atoms with E-state index in [4.69, 9.17) is 17.0 Å². The Labute approximate surface area is 203 Å². The van der Waals surface area contributed by atoms with Crippen LogP contribution in [0.4, 0.5) is 10.1 Å². The van der Waals surface area contributed by atoms with E-state index in [1.54, 1.807) is 25.4 Å². The summed E-state index contributed by atoms with van der Waals surface area (Å²) < 4.78 is 22.4. The van der Waals surface area contributed by atoms with E-state index < -0.39 is 0 Å². The molecule has 1 aliphatic rings. The molecule has 0 amide bonds. The number of aryl methyl sites for hydroxylation is 1. The highest BCUT2D eigenvalue weighted by molar-refractivity contribution is 7.80. The minimum atomic E-state index is -0.265. The number of hydrogen-bond donors (Lipinski definition) is 1. The van der Waals surface area contributed by atoms with Crippen LogP contribution in [0.25, 0.3) is 5.69 Å². The van der Waals surface area contributed by atoms with Crippen LogP contribution in [0.1, 0.15) is 34.7 Å². The monoisotopic (exact) mass is 472 g/mol. The molecule has 0 radical (unpaired) electrons. The normalized spacial score (nSPS) is 17.6. The summed E-state index contributed by atoms with van der Waals surface area (Å²) in [6.07, 6.45) is 1.78. The number of hydrogen-bond acceptors (Lipinski definition) is 3. The van der Waals surface area contributed by atoms with Crippen LogP contribution >= 0.6 is 12.2 Å². The molecule has 0 spiro atoms. The number of pyridine rings is 1. The Hall–Kier alpha value is -3.71. The summed E-state index contributed by atoms with van der Waals surface area (Å²) >= 11 is 5.85. The lowest BCUT2D eigenvalue weighted by Gasteiger charge is -2.29. The van der Waals surface area contributed by atoms with Crippen LogP contribution in [0, 0.1) is 19.7 Å². The molecule has 7 heteroatoms. The number of halogens is 1. The molecule has 4 aromatic rings. The number of para-hydroxylation sites is 3. The highest BCUT2D eigenvalue weighted by Crippen LogP contribution is 2.46. The number of methoxy groups -OCH3 is 1. The molecule has 1 fully saturated rings. The van der Waals surface area contributed by atoms with E-state index in [9.17, 15) is 4.39 Å². The van der Waals surface area contributed by atoms with Gasteiger partial charge in [0.25, 0.3) is 0 Å². The van der Waals surface area contributed by atoms with Gasteiger partial charge in [-0.15, -0.1) is 0 Å². The largest absolute Gasteiger partial charge is 0.495 e. The van der Waals surface area contributed by atoms with Gasteiger partial charge in [-0.05, 0) is 74.1 Å². The van der Waals surface area contributed by atoms with Crippen LogP contribution in [0.3, 0.4) is 0 Å². The van der Waals surface area contributed by atoms with E-state index in [2.05, 4.69) is 21.3 Å². The Kier molecular flexibility index (Phi) is 5.79. The fraction of sp³-hybridized carbons (Fsp3) is 0.185. The molecule has 0 aliphatic carbocycles. The lowest BCUT2D eigenvalue weighted by Crippen LogP contribution is -2.30. The number of thiocarbonyl (C=S) groups is 1. The first kappa shape index (κ1) is 22.1. The number of benzene rings is 2. The Morgan fingerprint density at radius 1 is 0.971 bits per heavy atom. The number of rotatable bonds is 5. The average molecular weight is 473 g/mol. The van der Waals surface area contributed by atoms with E-state index >= 15 is 0 Å². The Bertz CT molecular complexity index is 1350. The summed E-state index contributed by atoms with van der Waals surface area (Å²) in [6.45, 7) is 4.01. The van der Waals surface area contributed by atoms with Gasteiger partial charge in [-0.3, -0.25) is 4.98 Å². The highest BCUT2D eigenvalue weighted by Gasteiger charge is 2.43. The fourth-order valence-electron chi connectivity index (χ4n) is 4.85. The number of ether oxygens (including phenoxy) is 1. The Morgan fingerprint density at radius 3 is 2.38 bits per heavy atom. The molecule has 1 N–H and O–H groups in total. The first-order valence-corrected chi connectivity index (χ1v) is 11.5. The molecule has 3 heterocycles. The topological polar surface area (TPSA) is 42.3 Å². The lowest BCUT2D eigenvalue weighted by molar-refractivity contribution is 0.414. The fourth-order valence-corrected chi connectivity index (χ4v) is 5.19. The molecule has 1 saturated heterocycles. The van der Waals surface area contributed by atoms with Gasteiger partial charge >= 0.3 is 0 Å². The van der Waals surface area contributed by atoms with Crippen molar-refractivity contribution in [3.05, 3.63) is 107 Å². The molecule has 5 nitrogen and oxygen atoms in total. The quantitative estimate of drug-likeness (QED) is 0.371. The van der Waals surface area contributed by atoms with Crippen molar-refractivity contribution in [3.63, 3.8) is 0 Å². The van der Waals surface area contributed by atoms with Gasteiger partial charge < -0.3 is 19.5 Å². The summed E-state index contributed by atoms with van der Waals surface area (Å²) in [5.74, 6) is 0.458. The zero-order chi connectivity index (χ0) is 23.8. The zero-order valence-electron chi connectivity index (χ0n) is 19.2. The second-order valence-electron chi connectivity index (χ2n) is 8.28. The van der Waals surface area contributed by atoms with Crippen molar-refractivity contribution in [2.75, 3.05) is 12.0 Å². The molecule has 172 valence electrons. The predicted molar refractivity (Wildman–Crippen MR) is 136 cm³/mol. The van der Waals surface area contributed by atoms with Gasteiger partial charge in [-0.2, -0.15) is 0 Å². The third-order valence-corrected chi connectivity index (χ3v) is 6.64. The summed E-state index contributed by atoms with van der Waals surface area (Å²) in [5.41, 5.74) is 5.19. The molecule has 5 rings (SSSR count). The molecule has 0 bridgehead atoms. The highest BCUT2D eigenvalue weighted by atomic mass is 32.1. The molecular formula is C27H25FN4OS. The zero-order valence-corrected chi connectivity index (χ0v) is 20.0. The Balaban J connectivity index is 1.72. The van der Waals surface area contributed by atoms with Crippen molar-refractivity contribution in [2.45, 2.75) is 25.9 Å². The lowest BCUT2D eigenvalue weighted by atomic mass is 9.96. The van der Waals surface area contributed by atoms with Crippen molar-refractivity contribution >= 4 is 23.0 Å². The van der Waals surface area contributed by atoms with Gasteiger partial charge in [0, 0.05) is 17.6 Å². The van der Waals surface area contributed by atoms with Crippen molar-refractivity contribution in [1.82, 2.24) is 14.9 Å². The summed E-state index contributed by atoms with van der Waals surface area (Å²) in [4.78, 5) is 6.71. The van der Waals surface area contributed by atoms with Gasteiger partial charge in [0.1, 0.15) is 11.6 Å². The predicted octanol–water partition coefficient (Wildman–Crippen LogP) is 5.81. The van der Waals surface area contributed by atoms with Crippen LogP contribution in [0.5, 0.6) is 5.75 Å². The number of aromatic nitrogens is 2. The van der Waals surface area contributed by atoms with Crippen molar-refractivity contribution in [3.8, 4) is 11.4 Å². The van der Waals surface area contributed by atoms with Gasteiger partial charge in [-0.25, -0.2) is 4.39 Å². The second-order valence-corrected chi connectivity index (χ2v) is 8.67. The summed E-state index contributed by atoms with van der Waals surface area (Å²) in [7, 11) is 1.65. The van der Waals surface area contributed by atoms with Crippen LogP contribution in [0.2, 0.25) is 0 Å². The smallest absolute Gasteiger partial charge is 0.174 e. The number of nitrogens with zero attached hydrogens (tertiary/aromatic N) is 3. The summed E-state index contributed by atoms with van der Waals surface area (Å²) in [6, 6.07) is 22.2. The van der Waals surface area contributed by atoms with E-state index in [1.807, 2.05) is 66.9 Å². The molecule has 2 atom stereocenters. The number of nitrogens with one attached hydrogen (secondary N) is 1. The van der Waals surface area contributed by atoms with Crippen LogP contribution in [-0.4, -0.2) is 21.8 Å². The molecule has 2 aromatic carbocycles. The van der Waals surface area contributed by atoms with Gasteiger partial charge in [-0.1, -0.05) is 30.3 Å². The van der Waals surface area contributed by atoms with Crippen LogP contribution < -0.4 is 15.0 Å². The first-order chi connectivity index (χ1) is 16.5. The third-order valence-electron chi connectivity index (χ3n) is 6.33. The number of anilines is 1. The molecule has 34 heavy (non-hydrogen) atoms. The molecule has 2 aromatic heterocycles. The molecule has 0 unspecified atom stereocenters. The minimum Gasteiger partial charge on any atom is -0.495 e. The van der Waals surface area contributed by atoms with Crippen molar-refractivity contribution in [2.24, 2.45) is 0 Å². The molecular weight excluding hydrogens is 447 g/mol. The maximum absolute atomic E-state index is 14.8. The first-order valence-electron chi connectivity index (χ1n) is 11.1. The SMILES string of the molecule is COc1ccccc1N1C(=S)N[C@@H](c2ccccn2)[C@@H]1c1cc(C)n(-c2ccccc2F)c1C. The van der Waals surface area contributed by atoms with Gasteiger partial charge in [0.05, 0.1) is 36.3 Å². The maximum atomic E-state index is 14.8. The van der Waals surface area contributed by atoms with E-state index in [1.165, 1.54) is 6.07 Å². The second kappa shape index (κ2) is 8.91. The van der Waals surface area contributed by atoms with E-state index in [-0.39, 0.29) is 17.9 Å². The van der Waals surface area contributed by atoms with Crippen LogP contribution in [0.15, 0.2) is 79.0 Å².